The molecule has 0 aromatic heterocycles. The molecule has 6 atom stereocenters. The quantitative estimate of drug-likeness (QED) is 0.0974. The number of carbonyl (C=O) groups excluding carboxylic acids is 4. The molecule has 318 valence electrons. The first-order valence-corrected chi connectivity index (χ1v) is 19.6. The Bertz CT molecular complexity index is 2450. The number of nitrogens with zero attached hydrogens (tertiary/aromatic N) is 2. The molecule has 0 unspecified atom stereocenters. The lowest BCUT2D eigenvalue weighted by Gasteiger charge is -2.50. The van der Waals surface area contributed by atoms with E-state index < -0.39 is 87.8 Å². The van der Waals surface area contributed by atoms with E-state index in [9.17, 15) is 45.8 Å². The van der Waals surface area contributed by atoms with Crippen LogP contribution in [0.2, 0.25) is 10.0 Å². The van der Waals surface area contributed by atoms with Crippen LogP contribution in [0.3, 0.4) is 0 Å². The van der Waals surface area contributed by atoms with Crippen molar-refractivity contribution < 1.29 is 60.1 Å². The van der Waals surface area contributed by atoms with Gasteiger partial charge in [0.1, 0.15) is 18.1 Å². The number of fused-ring (bicyclic) bond motifs is 4. The molecule has 2 aliphatic heterocycles. The Morgan fingerprint density at radius 3 is 2.03 bits per heavy atom. The van der Waals surface area contributed by atoms with Gasteiger partial charge in [-0.3, -0.25) is 24.6 Å². The zero-order chi connectivity index (χ0) is 43.8. The highest BCUT2D eigenvalue weighted by Crippen LogP contribution is 2.64. The van der Waals surface area contributed by atoms with Crippen LogP contribution in [-0.4, -0.2) is 54.1 Å². The first kappa shape index (κ1) is 42.1. The standard InChI is InChI=1S/C43H33Cl2F6N3O7/c1-60-27-9-4-22(5-10-27)41-32(38(57)54(40(41)59)52-34-13-6-25(44)19-33(34)45)20-31-29(36(41)21-2-7-28(8-3-21)61-15-14-55)11-12-30-35(31)39(58)53(37(30)56)26-17-23(42(46,47)48)16-24(18-26)43(49,50)51/h2-11,13,16-19,30-32,35-36,52,55H,12,14-15,20H2,1H3/t30-,31+,32-,35-,36-,41+/m0/s1. The summed E-state index contributed by atoms with van der Waals surface area (Å²) < 4.78 is 94.8. The summed E-state index contributed by atoms with van der Waals surface area (Å²) >= 11 is 12.6. The normalized spacial score (nSPS) is 25.0. The fraction of sp³-hybridized carbons (Fsp3) is 0.302. The number of benzene rings is 4. The number of methoxy groups -OCH3 is 1. The highest BCUT2D eigenvalue weighted by molar-refractivity contribution is 6.36. The molecule has 2 aliphatic carbocycles. The van der Waals surface area contributed by atoms with Crippen molar-refractivity contribution >= 4 is 58.2 Å². The molecule has 1 saturated carbocycles. The van der Waals surface area contributed by atoms with Gasteiger partial charge in [0, 0.05) is 10.9 Å². The zero-order valence-electron chi connectivity index (χ0n) is 31.7. The summed E-state index contributed by atoms with van der Waals surface area (Å²) in [5, 5.41) is 10.5. The number of rotatable bonds is 9. The number of alkyl halides is 6. The van der Waals surface area contributed by atoms with Crippen molar-refractivity contribution in [1.82, 2.24) is 5.01 Å². The third-order valence-corrected chi connectivity index (χ3v) is 12.5. The van der Waals surface area contributed by atoms with Crippen molar-refractivity contribution in [3.8, 4) is 11.5 Å². The lowest BCUT2D eigenvalue weighted by molar-refractivity contribution is -0.143. The number of amides is 4. The first-order chi connectivity index (χ1) is 28.9. The number of allylic oxidation sites excluding steroid dienone is 2. The van der Waals surface area contributed by atoms with E-state index in [1.807, 2.05) is 0 Å². The van der Waals surface area contributed by atoms with Gasteiger partial charge in [-0.15, -0.1) is 0 Å². The number of hydrogen-bond acceptors (Lipinski definition) is 8. The van der Waals surface area contributed by atoms with Crippen LogP contribution >= 0.6 is 23.2 Å². The van der Waals surface area contributed by atoms with Crippen molar-refractivity contribution in [1.29, 1.82) is 0 Å². The second kappa shape index (κ2) is 15.4. The average Bonchev–Trinajstić information content (AvgIpc) is 3.60. The molecule has 4 aliphatic rings. The molecule has 10 nitrogen and oxygen atoms in total. The molecule has 61 heavy (non-hydrogen) atoms. The Hall–Kier alpha value is -5.58. The monoisotopic (exact) mass is 887 g/mol. The number of nitrogens with one attached hydrogen (secondary N) is 1. The van der Waals surface area contributed by atoms with Crippen LogP contribution in [0.25, 0.3) is 0 Å². The van der Waals surface area contributed by atoms with Crippen LogP contribution in [0.5, 0.6) is 11.5 Å². The smallest absolute Gasteiger partial charge is 0.416 e. The molecule has 8 rings (SSSR count). The third-order valence-electron chi connectivity index (χ3n) is 12.0. The van der Waals surface area contributed by atoms with Gasteiger partial charge < -0.3 is 14.6 Å². The van der Waals surface area contributed by atoms with Crippen molar-refractivity contribution in [3.63, 3.8) is 0 Å². The van der Waals surface area contributed by atoms with E-state index in [-0.39, 0.29) is 47.9 Å². The summed E-state index contributed by atoms with van der Waals surface area (Å²) in [4.78, 5) is 59.5. The molecular formula is C43H33Cl2F6N3O7. The van der Waals surface area contributed by atoms with E-state index in [0.29, 0.717) is 45.2 Å². The van der Waals surface area contributed by atoms with Crippen LogP contribution in [0.15, 0.2) is 96.6 Å². The van der Waals surface area contributed by atoms with Gasteiger partial charge in [0.15, 0.2) is 0 Å². The van der Waals surface area contributed by atoms with Gasteiger partial charge in [-0.2, -0.15) is 31.4 Å². The molecule has 0 radical (unpaired) electrons. The molecule has 2 saturated heterocycles. The zero-order valence-corrected chi connectivity index (χ0v) is 33.2. The maximum absolute atomic E-state index is 15.4. The molecule has 2 N–H and O–H groups in total. The third kappa shape index (κ3) is 6.98. The Morgan fingerprint density at radius 2 is 1.44 bits per heavy atom. The molecule has 3 fully saturated rings. The number of anilines is 2. The van der Waals surface area contributed by atoms with E-state index in [1.165, 1.54) is 25.3 Å². The molecule has 0 spiro atoms. The molecule has 4 aromatic rings. The predicted octanol–water partition coefficient (Wildman–Crippen LogP) is 8.60. The maximum Gasteiger partial charge on any atom is 0.416 e. The molecule has 2 heterocycles. The van der Waals surface area contributed by atoms with Crippen molar-refractivity contribution in [3.05, 3.63) is 129 Å². The highest BCUT2D eigenvalue weighted by Gasteiger charge is 2.70. The van der Waals surface area contributed by atoms with E-state index >= 15 is 4.79 Å². The van der Waals surface area contributed by atoms with Gasteiger partial charge in [-0.1, -0.05) is 59.1 Å². The largest absolute Gasteiger partial charge is 0.497 e. The minimum absolute atomic E-state index is 0.0270. The number of carbonyl (C=O) groups is 4. The summed E-state index contributed by atoms with van der Waals surface area (Å²) in [5.74, 6) is -8.57. The van der Waals surface area contributed by atoms with Gasteiger partial charge in [-0.25, -0.2) is 4.90 Å². The van der Waals surface area contributed by atoms with Crippen LogP contribution in [0, 0.1) is 23.7 Å². The van der Waals surface area contributed by atoms with E-state index in [1.54, 1.807) is 54.6 Å². The minimum atomic E-state index is -5.26. The Balaban J connectivity index is 1.30. The van der Waals surface area contributed by atoms with Gasteiger partial charge in [-0.05, 0) is 90.6 Å². The average molecular weight is 889 g/mol. The number of hydrogen-bond donors (Lipinski definition) is 2. The summed E-state index contributed by atoms with van der Waals surface area (Å²) in [6.45, 7) is -0.302. The lowest BCUT2D eigenvalue weighted by atomic mass is 9.49. The Kier molecular flexibility index (Phi) is 10.6. The molecular weight excluding hydrogens is 855 g/mol. The maximum atomic E-state index is 15.4. The molecule has 4 aromatic carbocycles. The summed E-state index contributed by atoms with van der Waals surface area (Å²) in [7, 11) is 1.45. The number of hydrazine groups is 1. The number of halogens is 8. The van der Waals surface area contributed by atoms with Crippen molar-refractivity contribution in [2.45, 2.75) is 36.5 Å². The second-order valence-corrected chi connectivity index (χ2v) is 16.0. The highest BCUT2D eigenvalue weighted by atomic mass is 35.5. The van der Waals surface area contributed by atoms with Crippen LogP contribution in [0.1, 0.15) is 41.0 Å². The van der Waals surface area contributed by atoms with Gasteiger partial charge >= 0.3 is 12.4 Å². The minimum Gasteiger partial charge on any atom is -0.497 e. The molecule has 18 heteroatoms. The summed E-state index contributed by atoms with van der Waals surface area (Å²) in [5.41, 5.74) is -1.72. The Labute approximate surface area is 353 Å². The van der Waals surface area contributed by atoms with E-state index in [4.69, 9.17) is 32.7 Å². The summed E-state index contributed by atoms with van der Waals surface area (Å²) in [6, 6.07) is 18.0. The first-order valence-electron chi connectivity index (χ1n) is 18.9. The summed E-state index contributed by atoms with van der Waals surface area (Å²) in [6.07, 6.45) is -9.22. The van der Waals surface area contributed by atoms with Gasteiger partial charge in [0.2, 0.25) is 11.8 Å². The van der Waals surface area contributed by atoms with Crippen molar-refractivity contribution in [2.24, 2.45) is 23.7 Å². The Morgan fingerprint density at radius 1 is 0.803 bits per heavy atom. The SMILES string of the molecule is COc1ccc([C@@]23C(=O)N(Nc4ccc(Cl)cc4Cl)C(=O)[C@@H]2C[C@@H]2C(=CC[C@@H]4C(=O)N(c5cc(C(F)(F)F)cc(C(F)(F)F)c5)C(=O)[C@@H]42)[C@@H]3c2ccc(OCCO)cc2)cc1. The fourth-order valence-electron chi connectivity index (χ4n) is 9.46. The van der Waals surface area contributed by atoms with Crippen molar-refractivity contribution in [2.75, 3.05) is 30.6 Å². The predicted molar refractivity (Wildman–Crippen MR) is 209 cm³/mol. The van der Waals surface area contributed by atoms with Crippen LogP contribution in [0.4, 0.5) is 37.7 Å². The molecule has 0 bridgehead atoms. The topological polar surface area (TPSA) is 125 Å². The number of ether oxygens (including phenoxy) is 2. The van der Waals surface area contributed by atoms with E-state index in [0.717, 1.165) is 5.01 Å². The van der Waals surface area contributed by atoms with Gasteiger partial charge in [0.05, 0.1) is 64.4 Å². The van der Waals surface area contributed by atoms with Crippen LogP contribution < -0.4 is 19.8 Å². The fourth-order valence-corrected chi connectivity index (χ4v) is 9.91. The molecule has 4 amide bonds. The second-order valence-electron chi connectivity index (χ2n) is 15.1. The van der Waals surface area contributed by atoms with Gasteiger partial charge in [0.25, 0.3) is 11.8 Å². The van der Waals surface area contributed by atoms with E-state index in [2.05, 4.69) is 5.43 Å². The number of imide groups is 2. The number of aliphatic hydroxyl groups excluding tert-OH is 1. The van der Waals surface area contributed by atoms with Crippen LogP contribution in [-0.2, 0) is 36.9 Å². The lowest BCUT2D eigenvalue weighted by Crippen LogP contribution is -2.53. The number of aliphatic hydroxyl groups is 1.